The van der Waals surface area contributed by atoms with Gasteiger partial charge in [-0.05, 0) is 26.0 Å². The van der Waals surface area contributed by atoms with Crippen LogP contribution in [-0.4, -0.2) is 37.7 Å². The fourth-order valence-corrected chi connectivity index (χ4v) is 1.48. The van der Waals surface area contributed by atoms with E-state index in [0.29, 0.717) is 13.2 Å². The van der Waals surface area contributed by atoms with Crippen LogP contribution in [0.25, 0.3) is 0 Å². The maximum Gasteiger partial charge on any atom is 0.191 e. The molecule has 0 spiro atoms. The Balaban J connectivity index is 0.00000324. The second-order valence-corrected chi connectivity index (χ2v) is 3.82. The Labute approximate surface area is 132 Å². The molecule has 0 aliphatic carbocycles. The number of aromatic nitrogens is 1. The number of ether oxygens (including phenoxy) is 1. The number of aliphatic imine (C=N–C) groups is 1. The summed E-state index contributed by atoms with van der Waals surface area (Å²) in [7, 11) is 1.75. The average Bonchev–Trinajstić information content (AvgIpc) is 2.38. The van der Waals surface area contributed by atoms with Crippen LogP contribution in [0.5, 0.6) is 0 Å². The molecule has 1 aromatic rings. The van der Waals surface area contributed by atoms with E-state index in [4.69, 9.17) is 4.74 Å². The van der Waals surface area contributed by atoms with Gasteiger partial charge in [0.25, 0.3) is 0 Å². The first-order valence-corrected chi connectivity index (χ1v) is 6.21. The maximum absolute atomic E-state index is 5.25. The molecule has 0 bridgehead atoms. The van der Waals surface area contributed by atoms with Crippen molar-refractivity contribution in [3.8, 4) is 0 Å². The molecular weight excluding hydrogens is 355 g/mol. The minimum atomic E-state index is 0. The van der Waals surface area contributed by atoms with Crippen LogP contribution in [0.3, 0.4) is 0 Å². The molecule has 0 atom stereocenters. The molecule has 108 valence electrons. The highest BCUT2D eigenvalue weighted by atomic mass is 127. The molecular formula is C13H23IN4O. The van der Waals surface area contributed by atoms with E-state index in [0.717, 1.165) is 30.5 Å². The Kier molecular flexibility index (Phi) is 10.5. The van der Waals surface area contributed by atoms with E-state index < -0.39 is 0 Å². The Bertz CT molecular complexity index is 385. The van der Waals surface area contributed by atoms with Crippen molar-refractivity contribution in [3.05, 3.63) is 29.6 Å². The Morgan fingerprint density at radius 3 is 2.79 bits per heavy atom. The topological polar surface area (TPSA) is 58.5 Å². The first-order valence-electron chi connectivity index (χ1n) is 6.21. The smallest absolute Gasteiger partial charge is 0.191 e. The zero-order chi connectivity index (χ0) is 13.2. The lowest BCUT2D eigenvalue weighted by molar-refractivity contribution is 0.152. The Morgan fingerprint density at radius 2 is 2.16 bits per heavy atom. The summed E-state index contributed by atoms with van der Waals surface area (Å²) in [4.78, 5) is 8.55. The lowest BCUT2D eigenvalue weighted by atomic mass is 10.3. The summed E-state index contributed by atoms with van der Waals surface area (Å²) in [5, 5.41) is 6.39. The van der Waals surface area contributed by atoms with Gasteiger partial charge in [0.1, 0.15) is 0 Å². The van der Waals surface area contributed by atoms with E-state index in [9.17, 15) is 0 Å². The highest BCUT2D eigenvalue weighted by Crippen LogP contribution is 1.97. The van der Waals surface area contributed by atoms with Crippen LogP contribution in [0.4, 0.5) is 0 Å². The van der Waals surface area contributed by atoms with Gasteiger partial charge in [-0.3, -0.25) is 9.98 Å². The number of hydrogen-bond donors (Lipinski definition) is 2. The predicted octanol–water partition coefficient (Wildman–Crippen LogP) is 1.71. The fourth-order valence-electron chi connectivity index (χ4n) is 1.48. The van der Waals surface area contributed by atoms with Crippen LogP contribution in [0.1, 0.15) is 18.3 Å². The van der Waals surface area contributed by atoms with E-state index in [1.807, 2.05) is 32.0 Å². The molecule has 0 saturated carbocycles. The Hall–Kier alpha value is -0.890. The second-order valence-electron chi connectivity index (χ2n) is 3.82. The number of halogens is 1. The van der Waals surface area contributed by atoms with E-state index >= 15 is 0 Å². The third kappa shape index (κ3) is 7.99. The molecule has 5 nitrogen and oxygen atoms in total. The maximum atomic E-state index is 5.25. The number of aryl methyl sites for hydroxylation is 1. The summed E-state index contributed by atoms with van der Waals surface area (Å²) in [5.41, 5.74) is 2.02. The van der Waals surface area contributed by atoms with Gasteiger partial charge in [-0.15, -0.1) is 24.0 Å². The normalized spacial score (nSPS) is 10.8. The minimum absolute atomic E-state index is 0. The number of pyridine rings is 1. The third-order valence-electron chi connectivity index (χ3n) is 2.35. The average molecular weight is 378 g/mol. The summed E-state index contributed by atoms with van der Waals surface area (Å²) in [6.45, 7) is 6.79. The molecule has 6 heteroatoms. The van der Waals surface area contributed by atoms with Crippen molar-refractivity contribution in [2.75, 3.05) is 26.8 Å². The molecule has 19 heavy (non-hydrogen) atoms. The molecule has 1 heterocycles. The summed E-state index contributed by atoms with van der Waals surface area (Å²) in [6.07, 6.45) is 0. The molecule has 0 amide bonds. The SMILES string of the molecule is CCOCCNC(=NC)NCc1cccc(C)n1.I. The fraction of sp³-hybridized carbons (Fsp3) is 0.538. The first-order chi connectivity index (χ1) is 8.76. The molecule has 0 aliphatic heterocycles. The summed E-state index contributed by atoms with van der Waals surface area (Å²) < 4.78 is 5.25. The number of hydrogen-bond acceptors (Lipinski definition) is 3. The van der Waals surface area contributed by atoms with Crippen LogP contribution in [-0.2, 0) is 11.3 Å². The van der Waals surface area contributed by atoms with E-state index in [1.165, 1.54) is 0 Å². The Morgan fingerprint density at radius 1 is 1.37 bits per heavy atom. The molecule has 0 aliphatic rings. The van der Waals surface area contributed by atoms with Gasteiger partial charge >= 0.3 is 0 Å². The first kappa shape index (κ1) is 18.1. The zero-order valence-electron chi connectivity index (χ0n) is 11.8. The summed E-state index contributed by atoms with van der Waals surface area (Å²) in [5.74, 6) is 0.762. The minimum Gasteiger partial charge on any atom is -0.380 e. The molecule has 0 aromatic carbocycles. The van der Waals surface area contributed by atoms with E-state index in [1.54, 1.807) is 7.05 Å². The van der Waals surface area contributed by atoms with Gasteiger partial charge in [0, 0.05) is 25.9 Å². The predicted molar refractivity (Wildman–Crippen MR) is 89.1 cm³/mol. The van der Waals surface area contributed by atoms with Crippen LogP contribution < -0.4 is 10.6 Å². The van der Waals surface area contributed by atoms with E-state index in [-0.39, 0.29) is 24.0 Å². The van der Waals surface area contributed by atoms with Gasteiger partial charge in [-0.25, -0.2) is 0 Å². The van der Waals surface area contributed by atoms with Crippen molar-refractivity contribution in [2.24, 2.45) is 4.99 Å². The van der Waals surface area contributed by atoms with Crippen LogP contribution in [0, 0.1) is 6.92 Å². The molecule has 0 unspecified atom stereocenters. The van der Waals surface area contributed by atoms with Gasteiger partial charge < -0.3 is 15.4 Å². The van der Waals surface area contributed by atoms with Crippen LogP contribution in [0.15, 0.2) is 23.2 Å². The number of nitrogens with zero attached hydrogens (tertiary/aromatic N) is 2. The highest BCUT2D eigenvalue weighted by molar-refractivity contribution is 14.0. The summed E-state index contributed by atoms with van der Waals surface area (Å²) in [6, 6.07) is 5.98. The quantitative estimate of drug-likeness (QED) is 0.343. The van der Waals surface area contributed by atoms with Gasteiger partial charge in [-0.2, -0.15) is 0 Å². The summed E-state index contributed by atoms with van der Waals surface area (Å²) >= 11 is 0. The number of rotatable bonds is 6. The van der Waals surface area contributed by atoms with Crippen molar-refractivity contribution in [3.63, 3.8) is 0 Å². The van der Waals surface area contributed by atoms with Crippen LogP contribution in [0.2, 0.25) is 0 Å². The lowest BCUT2D eigenvalue weighted by Crippen LogP contribution is -2.38. The van der Waals surface area contributed by atoms with Gasteiger partial charge in [-0.1, -0.05) is 6.07 Å². The highest BCUT2D eigenvalue weighted by Gasteiger charge is 1.98. The van der Waals surface area contributed by atoms with Crippen LogP contribution >= 0.6 is 24.0 Å². The van der Waals surface area contributed by atoms with Gasteiger partial charge in [0.15, 0.2) is 5.96 Å². The third-order valence-corrected chi connectivity index (χ3v) is 2.35. The largest absolute Gasteiger partial charge is 0.380 e. The zero-order valence-corrected chi connectivity index (χ0v) is 14.1. The number of guanidine groups is 1. The lowest BCUT2D eigenvalue weighted by Gasteiger charge is -2.11. The molecule has 2 N–H and O–H groups in total. The van der Waals surface area contributed by atoms with E-state index in [2.05, 4.69) is 20.6 Å². The molecule has 1 rings (SSSR count). The molecule has 0 radical (unpaired) electrons. The molecule has 0 saturated heterocycles. The van der Waals surface area contributed by atoms with Crippen molar-refractivity contribution in [1.82, 2.24) is 15.6 Å². The molecule has 1 aromatic heterocycles. The van der Waals surface area contributed by atoms with Crippen molar-refractivity contribution in [1.29, 1.82) is 0 Å². The molecule has 0 fully saturated rings. The van der Waals surface area contributed by atoms with Gasteiger partial charge in [0.05, 0.1) is 18.8 Å². The van der Waals surface area contributed by atoms with Crippen molar-refractivity contribution in [2.45, 2.75) is 20.4 Å². The van der Waals surface area contributed by atoms with Crippen molar-refractivity contribution >= 4 is 29.9 Å². The number of nitrogens with one attached hydrogen (secondary N) is 2. The monoisotopic (exact) mass is 378 g/mol. The van der Waals surface area contributed by atoms with Gasteiger partial charge in [0.2, 0.25) is 0 Å². The second kappa shape index (κ2) is 11.0. The van der Waals surface area contributed by atoms with Crippen molar-refractivity contribution < 1.29 is 4.74 Å². The standard InChI is InChI=1S/C13H22N4O.HI/c1-4-18-9-8-15-13(14-3)16-10-12-7-5-6-11(2)17-12;/h5-7H,4,8-10H2,1-3H3,(H2,14,15,16);1H.